The predicted octanol–water partition coefficient (Wildman–Crippen LogP) is 3.10. The first-order valence-corrected chi connectivity index (χ1v) is 6.07. The lowest BCUT2D eigenvalue weighted by atomic mass is 10.2. The van der Waals surface area contributed by atoms with Crippen molar-refractivity contribution in [3.8, 4) is 0 Å². The molecule has 0 aromatic heterocycles. The van der Waals surface area contributed by atoms with E-state index in [9.17, 15) is 4.79 Å². The second-order valence-electron chi connectivity index (χ2n) is 3.02. The van der Waals surface area contributed by atoms with Crippen molar-refractivity contribution in [2.24, 2.45) is 0 Å². The molecule has 1 atom stereocenters. The molecule has 2 N–H and O–H groups in total. The lowest BCUT2D eigenvalue weighted by Crippen LogP contribution is -2.27. The fourth-order valence-electron chi connectivity index (χ4n) is 0.833. The van der Waals surface area contributed by atoms with Gasteiger partial charge in [-0.25, -0.2) is 4.79 Å². The molecule has 4 nitrogen and oxygen atoms in total. The average molecular weight is 316 g/mol. The lowest BCUT2D eigenvalue weighted by molar-refractivity contribution is -0.0905. The van der Waals surface area contributed by atoms with Gasteiger partial charge in [-0.2, -0.15) is 0 Å². The highest BCUT2D eigenvalue weighted by molar-refractivity contribution is 6.67. The number of aromatic carboxylic acids is 1. The Morgan fingerprint density at radius 3 is 2.06 bits per heavy atom. The number of carboxylic acids is 1. The molecular formula is C11H13Cl3O4. The summed E-state index contributed by atoms with van der Waals surface area (Å²) in [6.45, 7) is 2.01. The summed E-state index contributed by atoms with van der Waals surface area (Å²) in [5.41, 5.74) is 0.331. The van der Waals surface area contributed by atoms with Crippen LogP contribution >= 0.6 is 34.8 Å². The average Bonchev–Trinajstić information content (AvgIpc) is 2.30. The van der Waals surface area contributed by atoms with Crippen molar-refractivity contribution in [1.29, 1.82) is 0 Å². The lowest BCUT2D eigenvalue weighted by Gasteiger charge is -2.17. The molecule has 1 aromatic rings. The van der Waals surface area contributed by atoms with E-state index in [-0.39, 0.29) is 0 Å². The molecule has 0 aliphatic rings. The number of aliphatic hydroxyl groups excluding tert-OH is 1. The molecule has 0 bridgehead atoms. The Labute approximate surface area is 120 Å². The third kappa shape index (κ3) is 7.74. The first-order chi connectivity index (χ1) is 8.29. The number of rotatable bonds is 3. The molecule has 7 heteroatoms. The van der Waals surface area contributed by atoms with Gasteiger partial charge in [0.25, 0.3) is 0 Å². The Hall–Kier alpha value is -0.520. The van der Waals surface area contributed by atoms with Crippen molar-refractivity contribution in [3.63, 3.8) is 0 Å². The van der Waals surface area contributed by atoms with Crippen LogP contribution in [0.4, 0.5) is 0 Å². The van der Waals surface area contributed by atoms with E-state index in [0.717, 1.165) is 0 Å². The van der Waals surface area contributed by atoms with E-state index in [1.54, 1.807) is 37.3 Å². The highest BCUT2D eigenvalue weighted by Gasteiger charge is 2.31. The van der Waals surface area contributed by atoms with Crippen molar-refractivity contribution in [3.05, 3.63) is 35.9 Å². The molecule has 0 aliphatic carbocycles. The van der Waals surface area contributed by atoms with Gasteiger partial charge in [-0.3, -0.25) is 0 Å². The van der Waals surface area contributed by atoms with E-state index >= 15 is 0 Å². The first-order valence-electron chi connectivity index (χ1n) is 4.93. The fourth-order valence-corrected chi connectivity index (χ4v) is 1.02. The normalized spacial score (nSPS) is 12.3. The summed E-state index contributed by atoms with van der Waals surface area (Å²) in [5.74, 6) is -0.879. The van der Waals surface area contributed by atoms with Crippen LogP contribution in [0.15, 0.2) is 30.3 Å². The summed E-state index contributed by atoms with van der Waals surface area (Å²) in [4.78, 5) is 10.2. The van der Waals surface area contributed by atoms with Crippen LogP contribution in [-0.4, -0.2) is 32.9 Å². The van der Waals surface area contributed by atoms with E-state index in [0.29, 0.717) is 12.2 Å². The summed E-state index contributed by atoms with van der Waals surface area (Å²) in [6, 6.07) is 8.30. The first kappa shape index (κ1) is 17.5. The number of alkyl halides is 3. The Kier molecular flexibility index (Phi) is 8.31. The second-order valence-corrected chi connectivity index (χ2v) is 5.39. The Morgan fingerprint density at radius 2 is 1.83 bits per heavy atom. The van der Waals surface area contributed by atoms with E-state index < -0.39 is 16.1 Å². The van der Waals surface area contributed by atoms with Gasteiger partial charge in [0.1, 0.15) is 0 Å². The number of hydrogen-bond acceptors (Lipinski definition) is 3. The van der Waals surface area contributed by atoms with Crippen molar-refractivity contribution >= 4 is 40.8 Å². The molecule has 18 heavy (non-hydrogen) atoms. The Balaban J connectivity index is 0.000000321. The van der Waals surface area contributed by atoms with Crippen LogP contribution in [-0.2, 0) is 4.74 Å². The molecule has 0 heterocycles. The highest BCUT2D eigenvalue weighted by Crippen LogP contribution is 2.30. The van der Waals surface area contributed by atoms with Gasteiger partial charge in [-0.15, -0.1) is 0 Å². The molecular weight excluding hydrogens is 302 g/mol. The standard InChI is InChI=1S/C7H6O2.C4H7Cl3O2/c8-7(9)6-4-2-1-3-5-6;1-2-9-3(8)4(5,6)7/h1-5H,(H,8,9);3,8H,2H2,1H3. The monoisotopic (exact) mass is 314 g/mol. The van der Waals surface area contributed by atoms with Crippen molar-refractivity contribution < 1.29 is 19.7 Å². The maximum atomic E-state index is 10.2. The van der Waals surface area contributed by atoms with Crippen LogP contribution in [0.25, 0.3) is 0 Å². The number of ether oxygens (including phenoxy) is 1. The third-order valence-electron chi connectivity index (χ3n) is 1.63. The largest absolute Gasteiger partial charge is 0.478 e. The fraction of sp³-hybridized carbons (Fsp3) is 0.364. The quantitative estimate of drug-likeness (QED) is 0.664. The van der Waals surface area contributed by atoms with Gasteiger partial charge in [0.15, 0.2) is 0 Å². The number of aliphatic hydroxyl groups is 1. The van der Waals surface area contributed by atoms with Crippen molar-refractivity contribution in [1.82, 2.24) is 0 Å². The van der Waals surface area contributed by atoms with Crippen LogP contribution < -0.4 is 0 Å². The summed E-state index contributed by atoms with van der Waals surface area (Å²) < 4.78 is 2.83. The maximum absolute atomic E-state index is 10.2. The highest BCUT2D eigenvalue weighted by atomic mass is 35.6. The van der Waals surface area contributed by atoms with E-state index in [1.165, 1.54) is 0 Å². The zero-order valence-corrected chi connectivity index (χ0v) is 11.8. The maximum Gasteiger partial charge on any atom is 0.335 e. The number of carboxylic acid groups (broad SMARTS) is 1. The minimum Gasteiger partial charge on any atom is -0.478 e. The van der Waals surface area contributed by atoms with Crippen LogP contribution in [0.1, 0.15) is 17.3 Å². The van der Waals surface area contributed by atoms with E-state index in [1.807, 2.05) is 0 Å². The molecule has 0 spiro atoms. The van der Waals surface area contributed by atoms with Crippen LogP contribution in [0, 0.1) is 0 Å². The molecule has 0 fully saturated rings. The van der Waals surface area contributed by atoms with E-state index in [4.69, 9.17) is 45.0 Å². The number of benzene rings is 1. The van der Waals surface area contributed by atoms with Gasteiger partial charge in [0.2, 0.25) is 10.1 Å². The smallest absolute Gasteiger partial charge is 0.335 e. The molecule has 0 saturated heterocycles. The molecule has 1 rings (SSSR count). The molecule has 102 valence electrons. The topological polar surface area (TPSA) is 66.8 Å². The van der Waals surface area contributed by atoms with Crippen LogP contribution in [0.3, 0.4) is 0 Å². The zero-order chi connectivity index (χ0) is 14.2. The second kappa shape index (κ2) is 8.56. The van der Waals surface area contributed by atoms with Crippen LogP contribution in [0.5, 0.6) is 0 Å². The zero-order valence-electron chi connectivity index (χ0n) is 9.52. The molecule has 1 aromatic carbocycles. The van der Waals surface area contributed by atoms with Gasteiger partial charge in [0.05, 0.1) is 5.56 Å². The van der Waals surface area contributed by atoms with Gasteiger partial charge in [0, 0.05) is 6.61 Å². The molecule has 0 aliphatic heterocycles. The number of halogens is 3. The van der Waals surface area contributed by atoms with Gasteiger partial charge in [-0.1, -0.05) is 53.0 Å². The molecule has 1 unspecified atom stereocenters. The summed E-state index contributed by atoms with van der Waals surface area (Å²) in [7, 11) is 0. The SMILES string of the molecule is CCOC(O)C(Cl)(Cl)Cl.O=C(O)c1ccccc1. The van der Waals surface area contributed by atoms with Crippen molar-refractivity contribution in [2.75, 3.05) is 6.61 Å². The molecule has 0 amide bonds. The number of hydrogen-bond donors (Lipinski definition) is 2. The Bertz CT molecular complexity index is 351. The van der Waals surface area contributed by atoms with Crippen molar-refractivity contribution in [2.45, 2.75) is 17.0 Å². The Morgan fingerprint density at radius 1 is 1.33 bits per heavy atom. The molecule has 0 saturated carbocycles. The minimum absolute atomic E-state index is 0.315. The van der Waals surface area contributed by atoms with E-state index in [2.05, 4.69) is 4.74 Å². The van der Waals surface area contributed by atoms with Crippen LogP contribution in [0.2, 0.25) is 0 Å². The number of carbonyl (C=O) groups is 1. The van der Waals surface area contributed by atoms with Gasteiger partial charge < -0.3 is 14.9 Å². The van der Waals surface area contributed by atoms with Gasteiger partial charge in [-0.05, 0) is 19.1 Å². The summed E-state index contributed by atoms with van der Waals surface area (Å²) in [6.07, 6.45) is -1.34. The minimum atomic E-state index is -1.74. The summed E-state index contributed by atoms with van der Waals surface area (Å²) in [5, 5.41) is 17.2. The summed E-state index contributed by atoms with van der Waals surface area (Å²) >= 11 is 15.7. The van der Waals surface area contributed by atoms with Gasteiger partial charge >= 0.3 is 5.97 Å². The third-order valence-corrected chi connectivity index (χ3v) is 2.19. The molecule has 0 radical (unpaired) electrons. The predicted molar refractivity (Wildman–Crippen MR) is 71.3 cm³/mol.